The Morgan fingerprint density at radius 1 is 1.29 bits per heavy atom. The van der Waals surface area contributed by atoms with Crippen LogP contribution >= 0.6 is 0 Å². The quantitative estimate of drug-likeness (QED) is 0.635. The molecule has 0 saturated carbocycles. The third-order valence-corrected chi connectivity index (χ3v) is 6.25. The summed E-state index contributed by atoms with van der Waals surface area (Å²) in [6.07, 6.45) is 7.72. The maximum Gasteiger partial charge on any atom is 0.339 e. The molecule has 0 spiro atoms. The fourth-order valence-electron chi connectivity index (χ4n) is 4.71. The van der Waals surface area contributed by atoms with Gasteiger partial charge in [-0.1, -0.05) is 0 Å². The monoisotopic (exact) mass is 424 g/mol. The summed E-state index contributed by atoms with van der Waals surface area (Å²) in [5.41, 5.74) is 2.91. The number of hydrogen-bond acceptors (Lipinski definition) is 6. The second-order valence-electron chi connectivity index (χ2n) is 8.32. The highest BCUT2D eigenvalue weighted by Crippen LogP contribution is 2.42. The number of benzene rings is 1. The van der Waals surface area contributed by atoms with Gasteiger partial charge in [0.2, 0.25) is 0 Å². The van der Waals surface area contributed by atoms with Crippen molar-refractivity contribution >= 4 is 23.4 Å². The van der Waals surface area contributed by atoms with Crippen LogP contribution < -0.4 is 15.4 Å². The fraction of sp³-hybridized carbons (Fsp3) is 0.391. The van der Waals surface area contributed by atoms with Gasteiger partial charge in [-0.3, -0.25) is 9.88 Å². The maximum absolute atomic E-state index is 14.2. The molecule has 1 unspecified atom stereocenters. The number of nitrogens with one attached hydrogen (secondary N) is 2. The van der Waals surface area contributed by atoms with E-state index in [0.29, 0.717) is 35.8 Å². The van der Waals surface area contributed by atoms with Crippen LogP contribution in [0.2, 0.25) is 0 Å². The predicted molar refractivity (Wildman–Crippen MR) is 116 cm³/mol. The molecule has 5 rings (SSSR count). The first-order chi connectivity index (χ1) is 15.0. The average Bonchev–Trinajstić information content (AvgIpc) is 3.23. The SMILES string of the molecule is C[C@@H]1CCOc2ccc(F)cc2[C@H]2CCCN2C2C=Cc3ncc(C(=O)O)c(c3N2)N1. The van der Waals surface area contributed by atoms with Crippen molar-refractivity contribution in [1.82, 2.24) is 9.88 Å². The van der Waals surface area contributed by atoms with E-state index < -0.39 is 5.97 Å². The van der Waals surface area contributed by atoms with Gasteiger partial charge in [-0.25, -0.2) is 9.18 Å². The summed E-state index contributed by atoms with van der Waals surface area (Å²) >= 11 is 0. The number of hydrogen-bond donors (Lipinski definition) is 3. The molecule has 1 aromatic carbocycles. The zero-order chi connectivity index (χ0) is 21.5. The molecule has 3 N–H and O–H groups in total. The van der Waals surface area contributed by atoms with Crippen molar-refractivity contribution in [3.8, 4) is 5.75 Å². The zero-order valence-electron chi connectivity index (χ0n) is 17.3. The zero-order valence-corrected chi connectivity index (χ0v) is 17.3. The highest BCUT2D eigenvalue weighted by atomic mass is 19.1. The highest BCUT2D eigenvalue weighted by Gasteiger charge is 2.35. The van der Waals surface area contributed by atoms with E-state index in [1.807, 2.05) is 19.1 Å². The smallest absolute Gasteiger partial charge is 0.339 e. The van der Waals surface area contributed by atoms with Gasteiger partial charge in [0.1, 0.15) is 17.1 Å². The lowest BCUT2D eigenvalue weighted by molar-refractivity contribution is 0.0697. The highest BCUT2D eigenvalue weighted by molar-refractivity contribution is 5.99. The molecule has 8 heteroatoms. The summed E-state index contributed by atoms with van der Waals surface area (Å²) in [7, 11) is 0. The van der Waals surface area contributed by atoms with Crippen molar-refractivity contribution in [1.29, 1.82) is 0 Å². The first-order valence-corrected chi connectivity index (χ1v) is 10.7. The summed E-state index contributed by atoms with van der Waals surface area (Å²) in [6, 6.07) is 4.68. The van der Waals surface area contributed by atoms with Crippen LogP contribution in [-0.4, -0.2) is 46.3 Å². The minimum absolute atomic E-state index is 0.000369. The van der Waals surface area contributed by atoms with E-state index in [1.54, 1.807) is 12.1 Å². The lowest BCUT2D eigenvalue weighted by Crippen LogP contribution is -2.40. The Morgan fingerprint density at radius 2 is 2.16 bits per heavy atom. The second kappa shape index (κ2) is 7.85. The molecule has 3 atom stereocenters. The lowest BCUT2D eigenvalue weighted by Gasteiger charge is -2.35. The van der Waals surface area contributed by atoms with Crippen LogP contribution in [0, 0.1) is 5.82 Å². The van der Waals surface area contributed by atoms with Crippen LogP contribution in [0.25, 0.3) is 6.08 Å². The van der Waals surface area contributed by atoms with Gasteiger partial charge in [0.15, 0.2) is 0 Å². The Morgan fingerprint density at radius 3 is 3.00 bits per heavy atom. The lowest BCUT2D eigenvalue weighted by atomic mass is 10.0. The normalized spacial score (nSPS) is 24.9. The van der Waals surface area contributed by atoms with Gasteiger partial charge in [-0.15, -0.1) is 0 Å². The molecule has 0 aliphatic carbocycles. The van der Waals surface area contributed by atoms with Gasteiger partial charge in [-0.2, -0.15) is 0 Å². The number of ether oxygens (including phenoxy) is 1. The van der Waals surface area contributed by atoms with E-state index in [9.17, 15) is 14.3 Å². The Balaban J connectivity index is 1.62. The van der Waals surface area contributed by atoms with Gasteiger partial charge in [0, 0.05) is 36.8 Å². The van der Waals surface area contributed by atoms with Crippen LogP contribution in [0.15, 0.2) is 30.5 Å². The second-order valence-corrected chi connectivity index (χ2v) is 8.32. The van der Waals surface area contributed by atoms with Gasteiger partial charge in [-0.05, 0) is 50.1 Å². The summed E-state index contributed by atoms with van der Waals surface area (Å²) in [5.74, 6) is -0.598. The summed E-state index contributed by atoms with van der Waals surface area (Å²) in [5, 5.41) is 16.6. The van der Waals surface area contributed by atoms with E-state index in [-0.39, 0.29) is 29.6 Å². The molecule has 0 radical (unpaired) electrons. The molecule has 7 nitrogen and oxygen atoms in total. The van der Waals surface area contributed by atoms with Gasteiger partial charge in [0.05, 0.1) is 29.8 Å². The third-order valence-electron chi connectivity index (χ3n) is 6.25. The van der Waals surface area contributed by atoms with E-state index in [2.05, 4.69) is 20.5 Å². The van der Waals surface area contributed by atoms with E-state index >= 15 is 0 Å². The number of halogens is 1. The standard InChI is InChI=1S/C23H25FN4O3/c1-13-8-10-31-19-6-4-14(24)11-15(19)18-3-2-9-28(18)20-7-5-17-22(27-20)21(26-13)16(12-25-17)23(29)30/h4-7,11-13,18,20,26-27H,2-3,8-10H2,1H3,(H,29,30)/t13-,18-,20?/m1/s1. The Bertz CT molecular complexity index is 1060. The number of carbonyl (C=O) groups is 1. The molecule has 162 valence electrons. The number of nitrogens with zero attached hydrogens (tertiary/aromatic N) is 2. The third kappa shape index (κ3) is 3.61. The van der Waals surface area contributed by atoms with Crippen molar-refractivity contribution in [3.63, 3.8) is 0 Å². The Labute approximate surface area is 179 Å². The van der Waals surface area contributed by atoms with Crippen LogP contribution in [0.1, 0.15) is 53.8 Å². The Kier molecular flexibility index (Phi) is 5.02. The number of aromatic nitrogens is 1. The van der Waals surface area contributed by atoms with Gasteiger partial charge >= 0.3 is 5.97 Å². The first kappa shape index (κ1) is 19.8. The molecule has 2 bridgehead atoms. The summed E-state index contributed by atoms with van der Waals surface area (Å²) in [4.78, 5) is 18.5. The number of carboxylic acid groups (broad SMARTS) is 1. The molecule has 4 heterocycles. The fourth-order valence-corrected chi connectivity index (χ4v) is 4.71. The van der Waals surface area contributed by atoms with Crippen LogP contribution in [0.5, 0.6) is 5.75 Å². The first-order valence-electron chi connectivity index (χ1n) is 10.7. The maximum atomic E-state index is 14.2. The Hall–Kier alpha value is -3.13. The van der Waals surface area contributed by atoms with Crippen molar-refractivity contribution in [2.45, 2.75) is 44.4 Å². The molecule has 3 aliphatic heterocycles. The minimum atomic E-state index is -1.03. The molecular formula is C23H25FN4O3. The van der Waals surface area contributed by atoms with Crippen LogP contribution in [-0.2, 0) is 0 Å². The number of rotatable bonds is 1. The molecule has 0 amide bonds. The predicted octanol–water partition coefficient (Wildman–Crippen LogP) is 4.10. The van der Waals surface area contributed by atoms with E-state index in [0.717, 1.165) is 24.9 Å². The number of pyridine rings is 1. The van der Waals surface area contributed by atoms with Crippen LogP contribution in [0.4, 0.5) is 15.8 Å². The molecular weight excluding hydrogens is 399 g/mol. The topological polar surface area (TPSA) is 86.7 Å². The van der Waals surface area contributed by atoms with Crippen molar-refractivity contribution in [3.05, 3.63) is 53.1 Å². The largest absolute Gasteiger partial charge is 0.493 e. The molecule has 2 aromatic rings. The van der Waals surface area contributed by atoms with Crippen molar-refractivity contribution < 1.29 is 19.0 Å². The minimum Gasteiger partial charge on any atom is -0.493 e. The van der Waals surface area contributed by atoms with Crippen LogP contribution in [0.3, 0.4) is 0 Å². The summed E-state index contributed by atoms with van der Waals surface area (Å²) < 4.78 is 20.3. The number of anilines is 2. The van der Waals surface area contributed by atoms with Gasteiger partial charge < -0.3 is 20.5 Å². The molecule has 3 aliphatic rings. The molecule has 1 aromatic heterocycles. The van der Waals surface area contributed by atoms with Crippen molar-refractivity contribution in [2.24, 2.45) is 0 Å². The van der Waals surface area contributed by atoms with Crippen molar-refractivity contribution in [2.75, 3.05) is 23.8 Å². The number of fused-ring (bicyclic) bond motifs is 5. The molecule has 1 saturated heterocycles. The average molecular weight is 424 g/mol. The number of aromatic carboxylic acids is 1. The molecule has 31 heavy (non-hydrogen) atoms. The van der Waals surface area contributed by atoms with E-state index in [1.165, 1.54) is 12.3 Å². The summed E-state index contributed by atoms with van der Waals surface area (Å²) in [6.45, 7) is 3.26. The van der Waals surface area contributed by atoms with E-state index in [4.69, 9.17) is 4.74 Å². The molecule has 1 fully saturated rings. The number of carboxylic acids is 1. The van der Waals surface area contributed by atoms with Gasteiger partial charge in [0.25, 0.3) is 0 Å².